The van der Waals surface area contributed by atoms with E-state index in [1.54, 1.807) is 0 Å². The first-order valence-electron chi connectivity index (χ1n) is 14.1. The third kappa shape index (κ3) is 33.6. The normalized spacial score (nSPS) is 11.5. The van der Waals surface area contributed by atoms with Crippen LogP contribution in [-0.2, 0) is 37.9 Å². The molecule has 0 fully saturated rings. The van der Waals surface area contributed by atoms with Gasteiger partial charge in [-0.15, -0.1) is 0 Å². The van der Waals surface area contributed by atoms with Gasteiger partial charge in [0.2, 0.25) is 0 Å². The number of aliphatic hydroxyl groups excluding tert-OH is 1. The highest BCUT2D eigenvalue weighted by atomic mass is 16.6. The van der Waals surface area contributed by atoms with Gasteiger partial charge in [-0.1, -0.05) is 58.3 Å². The summed E-state index contributed by atoms with van der Waals surface area (Å²) < 4.78 is 43.3. The second-order valence-corrected chi connectivity index (χ2v) is 8.45. The predicted octanol–water partition coefficient (Wildman–Crippen LogP) is 3.64. The van der Waals surface area contributed by atoms with E-state index in [2.05, 4.69) is 6.92 Å². The summed E-state index contributed by atoms with van der Waals surface area (Å²) in [6, 6.07) is 0. The van der Waals surface area contributed by atoms with E-state index in [1.165, 1.54) is 51.4 Å². The van der Waals surface area contributed by atoms with Crippen molar-refractivity contribution < 1.29 is 43.0 Å². The molecule has 0 radical (unpaired) electrons. The third-order valence-corrected chi connectivity index (χ3v) is 5.23. The summed E-state index contributed by atoms with van der Waals surface area (Å²) in [7, 11) is 0. The smallest absolute Gasteiger partial charge is 0.0701 e. The predicted molar refractivity (Wildman–Crippen MR) is 141 cm³/mol. The number of aliphatic hydroxyl groups is 1. The van der Waals surface area contributed by atoms with Crippen molar-refractivity contribution in [3.8, 4) is 0 Å². The average molecular weight is 525 g/mol. The lowest BCUT2D eigenvalue weighted by atomic mass is 10.1. The lowest BCUT2D eigenvalue weighted by Gasteiger charge is -2.08. The van der Waals surface area contributed by atoms with Crippen LogP contribution in [0.25, 0.3) is 0 Å². The van der Waals surface area contributed by atoms with Crippen LogP contribution in [-0.4, -0.2) is 117 Å². The quantitative estimate of drug-likeness (QED) is 0.129. The van der Waals surface area contributed by atoms with E-state index in [9.17, 15) is 0 Å². The molecule has 0 aliphatic rings. The topological polar surface area (TPSA) is 94.1 Å². The fourth-order valence-electron chi connectivity index (χ4n) is 3.22. The van der Waals surface area contributed by atoms with Crippen LogP contribution in [0.4, 0.5) is 0 Å². The molecule has 0 aromatic carbocycles. The molecule has 0 atom stereocenters. The van der Waals surface area contributed by atoms with Gasteiger partial charge in [0, 0.05) is 6.61 Å². The molecule has 0 heterocycles. The van der Waals surface area contributed by atoms with Crippen molar-refractivity contribution in [2.75, 3.05) is 112 Å². The first kappa shape index (κ1) is 35.6. The molecule has 0 saturated carbocycles. The van der Waals surface area contributed by atoms with Crippen LogP contribution in [0.1, 0.15) is 64.7 Å². The van der Waals surface area contributed by atoms with Crippen LogP contribution in [0, 0.1) is 0 Å². The van der Waals surface area contributed by atoms with E-state index in [1.807, 2.05) is 0 Å². The van der Waals surface area contributed by atoms with E-state index in [0.29, 0.717) is 99.1 Å². The standard InChI is InChI=1S/C27H56O9/c1-2-3-4-5-6-7-8-9-10-12-29-14-16-31-18-20-33-22-24-35-26-27-36-25-23-34-21-19-32-17-15-30-13-11-28/h28H,2-27H2,1H3. The van der Waals surface area contributed by atoms with Crippen LogP contribution in [0.5, 0.6) is 0 Å². The van der Waals surface area contributed by atoms with Crippen LogP contribution in [0.15, 0.2) is 0 Å². The molecule has 0 amide bonds. The van der Waals surface area contributed by atoms with Gasteiger partial charge in [-0.3, -0.25) is 0 Å². The lowest BCUT2D eigenvalue weighted by Crippen LogP contribution is -2.15. The van der Waals surface area contributed by atoms with Crippen molar-refractivity contribution in [2.45, 2.75) is 64.7 Å². The second kappa shape index (κ2) is 34.6. The van der Waals surface area contributed by atoms with Gasteiger partial charge in [0.1, 0.15) is 0 Å². The summed E-state index contributed by atoms with van der Waals surface area (Å²) in [5, 5.41) is 8.56. The Labute approximate surface area is 220 Å². The molecule has 1 N–H and O–H groups in total. The molecule has 0 aromatic rings. The summed E-state index contributed by atoms with van der Waals surface area (Å²) >= 11 is 0. The van der Waals surface area contributed by atoms with Gasteiger partial charge in [-0.25, -0.2) is 0 Å². The molecule has 0 unspecified atom stereocenters. The summed E-state index contributed by atoms with van der Waals surface area (Å²) in [4.78, 5) is 0. The molecule has 218 valence electrons. The van der Waals surface area contributed by atoms with Crippen molar-refractivity contribution in [1.82, 2.24) is 0 Å². The maximum absolute atomic E-state index is 8.56. The van der Waals surface area contributed by atoms with Crippen molar-refractivity contribution in [3.63, 3.8) is 0 Å². The Morgan fingerprint density at radius 3 is 0.861 bits per heavy atom. The monoisotopic (exact) mass is 524 g/mol. The molecular weight excluding hydrogens is 468 g/mol. The highest BCUT2D eigenvalue weighted by Gasteiger charge is 1.96. The Hall–Kier alpha value is -0.360. The highest BCUT2D eigenvalue weighted by Crippen LogP contribution is 2.09. The molecule has 0 bridgehead atoms. The molecule has 9 nitrogen and oxygen atoms in total. The van der Waals surface area contributed by atoms with Gasteiger partial charge >= 0.3 is 0 Å². The largest absolute Gasteiger partial charge is 0.394 e. The number of unbranched alkanes of at least 4 members (excludes halogenated alkanes) is 8. The minimum atomic E-state index is 0.0352. The number of rotatable bonds is 33. The Morgan fingerprint density at radius 1 is 0.306 bits per heavy atom. The third-order valence-electron chi connectivity index (χ3n) is 5.23. The molecule has 0 aromatic heterocycles. The first-order valence-corrected chi connectivity index (χ1v) is 14.1. The van der Waals surface area contributed by atoms with Gasteiger partial charge in [0.25, 0.3) is 0 Å². The lowest BCUT2D eigenvalue weighted by molar-refractivity contribution is -0.0238. The van der Waals surface area contributed by atoms with Crippen LogP contribution < -0.4 is 0 Å². The average Bonchev–Trinajstić information content (AvgIpc) is 2.89. The minimum absolute atomic E-state index is 0.0352. The number of ether oxygens (including phenoxy) is 8. The van der Waals surface area contributed by atoms with Gasteiger partial charge in [-0.2, -0.15) is 0 Å². The molecule has 0 spiro atoms. The second-order valence-electron chi connectivity index (χ2n) is 8.45. The van der Waals surface area contributed by atoms with Crippen molar-refractivity contribution >= 4 is 0 Å². The van der Waals surface area contributed by atoms with E-state index in [0.717, 1.165) is 13.0 Å². The minimum Gasteiger partial charge on any atom is -0.394 e. The van der Waals surface area contributed by atoms with E-state index < -0.39 is 0 Å². The van der Waals surface area contributed by atoms with Gasteiger partial charge in [-0.05, 0) is 6.42 Å². The van der Waals surface area contributed by atoms with Gasteiger partial charge in [0.05, 0.1) is 106 Å². The molecule has 36 heavy (non-hydrogen) atoms. The van der Waals surface area contributed by atoms with Crippen molar-refractivity contribution in [2.24, 2.45) is 0 Å². The van der Waals surface area contributed by atoms with Crippen LogP contribution >= 0.6 is 0 Å². The van der Waals surface area contributed by atoms with Crippen LogP contribution in [0.2, 0.25) is 0 Å². The SMILES string of the molecule is CCCCCCCCCCCOCCOCCOCCOCCOCCOCCOCCOCCO. The number of hydrogen-bond acceptors (Lipinski definition) is 9. The summed E-state index contributed by atoms with van der Waals surface area (Å²) in [6.07, 6.45) is 12.0. The molecular formula is C27H56O9. The fraction of sp³-hybridized carbons (Fsp3) is 1.00. The molecule has 0 aliphatic heterocycles. The van der Waals surface area contributed by atoms with E-state index in [4.69, 9.17) is 43.0 Å². The molecule has 0 saturated heterocycles. The van der Waals surface area contributed by atoms with Gasteiger partial charge in [0.15, 0.2) is 0 Å². The summed E-state index contributed by atoms with van der Waals surface area (Å²) in [5.41, 5.74) is 0. The maximum atomic E-state index is 8.56. The highest BCUT2D eigenvalue weighted by molar-refractivity contribution is 4.47. The fourth-order valence-corrected chi connectivity index (χ4v) is 3.22. The number of hydrogen-bond donors (Lipinski definition) is 1. The maximum Gasteiger partial charge on any atom is 0.0701 e. The molecule has 0 rings (SSSR count). The Morgan fingerprint density at radius 2 is 0.556 bits per heavy atom. The van der Waals surface area contributed by atoms with Crippen molar-refractivity contribution in [1.29, 1.82) is 0 Å². The zero-order chi connectivity index (χ0) is 26.0. The van der Waals surface area contributed by atoms with Gasteiger partial charge < -0.3 is 43.0 Å². The molecule has 9 heteroatoms. The summed E-state index contributed by atoms with van der Waals surface area (Å²) in [5.74, 6) is 0. The zero-order valence-electron chi connectivity index (χ0n) is 23.1. The zero-order valence-corrected chi connectivity index (χ0v) is 23.1. The van der Waals surface area contributed by atoms with Crippen LogP contribution in [0.3, 0.4) is 0 Å². The Balaban J connectivity index is 3.00. The summed E-state index contributed by atoms with van der Waals surface area (Å²) in [6.45, 7) is 11.1. The Bertz CT molecular complexity index is 341. The van der Waals surface area contributed by atoms with E-state index >= 15 is 0 Å². The Kier molecular flexibility index (Phi) is 34.3. The van der Waals surface area contributed by atoms with E-state index in [-0.39, 0.29) is 6.61 Å². The van der Waals surface area contributed by atoms with Crippen molar-refractivity contribution in [3.05, 3.63) is 0 Å². The molecule has 0 aliphatic carbocycles. The first-order chi connectivity index (χ1) is 17.9.